The fourth-order valence-electron chi connectivity index (χ4n) is 3.83. The number of aliphatic hydroxyl groups is 3. The summed E-state index contributed by atoms with van der Waals surface area (Å²) in [6.45, 7) is 5.38. The van der Waals surface area contributed by atoms with E-state index in [9.17, 15) is 43.8 Å². The van der Waals surface area contributed by atoms with Crippen molar-refractivity contribution in [3.63, 3.8) is 0 Å². The molecule has 0 aliphatic carbocycles. The number of amides is 2. The topological polar surface area (TPSA) is 246 Å². The Balaban J connectivity index is 1.58. The lowest BCUT2D eigenvalue weighted by Gasteiger charge is -2.40. The molecule has 0 radical (unpaired) electrons. The van der Waals surface area contributed by atoms with Gasteiger partial charge in [-0.25, -0.2) is 8.88 Å². The number of nitrogens with zero attached hydrogens (tertiary/aromatic N) is 1. The summed E-state index contributed by atoms with van der Waals surface area (Å²) in [5, 5.41) is 35.6. The number of aliphatic hydroxyl groups excluding tert-OH is 3. The van der Waals surface area contributed by atoms with Crippen LogP contribution >= 0.6 is 15.6 Å². The van der Waals surface area contributed by atoms with Crippen LogP contribution in [0.4, 0.5) is 0 Å². The third-order valence-corrected chi connectivity index (χ3v) is 8.01. The summed E-state index contributed by atoms with van der Waals surface area (Å²) in [6, 6.07) is -0.928. The first-order chi connectivity index (χ1) is 17.1. The van der Waals surface area contributed by atoms with Gasteiger partial charge in [0, 0.05) is 19.2 Å². The molecule has 10 atom stereocenters. The number of phosphoric acid groups is 2. The predicted octanol–water partition coefficient (Wildman–Crippen LogP) is -2.53. The zero-order valence-electron chi connectivity index (χ0n) is 19.6. The van der Waals surface area contributed by atoms with Crippen LogP contribution < -0.4 is 15.5 Å². The molecule has 3 aliphatic rings. The van der Waals surface area contributed by atoms with Gasteiger partial charge in [-0.3, -0.25) is 23.2 Å². The second-order valence-corrected chi connectivity index (χ2v) is 11.4. The Hall–Kier alpha value is -1.72. The molecular weight excluding hydrogens is 544 g/mol. The first-order valence-electron chi connectivity index (χ1n) is 10.9. The Labute approximate surface area is 210 Å². The Morgan fingerprint density at radius 1 is 1.30 bits per heavy atom. The van der Waals surface area contributed by atoms with Crippen molar-refractivity contribution in [2.75, 3.05) is 6.61 Å². The van der Waals surface area contributed by atoms with Gasteiger partial charge < -0.3 is 50.1 Å². The van der Waals surface area contributed by atoms with Crippen molar-refractivity contribution in [1.82, 2.24) is 15.5 Å². The van der Waals surface area contributed by atoms with Gasteiger partial charge in [0.05, 0.1) is 18.8 Å². The number of phosphoric ester groups is 2. The van der Waals surface area contributed by atoms with Crippen LogP contribution in [0.2, 0.25) is 0 Å². The average Bonchev–Trinajstić information content (AvgIpc) is 3.02. The van der Waals surface area contributed by atoms with Gasteiger partial charge in [0.1, 0.15) is 30.2 Å². The van der Waals surface area contributed by atoms with E-state index >= 15 is 0 Å². The van der Waals surface area contributed by atoms with Crippen molar-refractivity contribution in [3.05, 3.63) is 24.7 Å². The van der Waals surface area contributed by atoms with E-state index in [1.165, 1.54) is 24.9 Å². The zero-order valence-corrected chi connectivity index (χ0v) is 21.4. The highest BCUT2D eigenvalue weighted by atomic mass is 31.3. The van der Waals surface area contributed by atoms with Gasteiger partial charge in [-0.1, -0.05) is 6.58 Å². The molecule has 0 aromatic rings. The van der Waals surface area contributed by atoms with Gasteiger partial charge in [0.25, 0.3) is 13.7 Å². The molecule has 0 aromatic carbocycles. The summed E-state index contributed by atoms with van der Waals surface area (Å²) in [6.07, 6.45) is -7.66. The number of hydrogen-bond donors (Lipinski definition) is 6. The van der Waals surface area contributed by atoms with Crippen molar-refractivity contribution in [1.29, 1.82) is 0 Å². The summed E-state index contributed by atoms with van der Waals surface area (Å²) in [5.41, 5.74) is 0. The maximum absolute atomic E-state index is 12.3. The summed E-state index contributed by atoms with van der Waals surface area (Å²) in [5.74, 6) is -0.961. The molecule has 37 heavy (non-hydrogen) atoms. The molecule has 0 saturated carbocycles. The van der Waals surface area contributed by atoms with Gasteiger partial charge in [-0.2, -0.15) is 0 Å². The average molecular weight is 572 g/mol. The molecule has 0 spiro atoms. The second-order valence-electron chi connectivity index (χ2n) is 8.45. The summed E-state index contributed by atoms with van der Waals surface area (Å²) in [4.78, 5) is 46.0. The fraction of sp³-hybridized carbons (Fsp3) is 0.667. The fourth-order valence-corrected chi connectivity index (χ4v) is 5.95. The maximum Gasteiger partial charge on any atom is 0.478 e. The Bertz CT molecular complexity index is 1030. The summed E-state index contributed by atoms with van der Waals surface area (Å²) < 4.78 is 48.5. The Morgan fingerprint density at radius 3 is 2.59 bits per heavy atom. The van der Waals surface area contributed by atoms with E-state index < -0.39 is 83.1 Å². The molecule has 3 rings (SSSR count). The van der Waals surface area contributed by atoms with Crippen LogP contribution in [-0.2, 0) is 41.6 Å². The lowest BCUT2D eigenvalue weighted by Crippen LogP contribution is -2.55. The van der Waals surface area contributed by atoms with Crippen LogP contribution in [0.1, 0.15) is 20.3 Å². The lowest BCUT2D eigenvalue weighted by atomic mass is 10.0. The largest absolute Gasteiger partial charge is 0.756 e. The minimum absolute atomic E-state index is 0.0214. The van der Waals surface area contributed by atoms with Gasteiger partial charge in [0.15, 0.2) is 12.5 Å². The van der Waals surface area contributed by atoms with Crippen LogP contribution in [0.3, 0.4) is 0 Å². The van der Waals surface area contributed by atoms with Gasteiger partial charge in [-0.05, 0) is 13.3 Å². The molecule has 0 bridgehead atoms. The number of rotatable bonds is 9. The quantitative estimate of drug-likeness (QED) is 0.156. The number of carbonyl (C=O) groups excluding carboxylic acids is 2. The SMILES string of the molecule is C=C1NC(=O)C=CN1[C@@H]1O[C@H](COP(=O)(O)OP(=O)([O-])O[C@@H]2OC(C)C[C@H](NC(C)=O)C2O)C(O)[C@@H]1O. The lowest BCUT2D eigenvalue weighted by molar-refractivity contribution is -0.266. The van der Waals surface area contributed by atoms with E-state index in [4.69, 9.17) is 9.47 Å². The van der Waals surface area contributed by atoms with Crippen LogP contribution in [-0.4, -0.2) is 92.6 Å². The molecule has 3 aliphatic heterocycles. The first-order valence-corrected chi connectivity index (χ1v) is 13.8. The van der Waals surface area contributed by atoms with Gasteiger partial charge in [0.2, 0.25) is 5.91 Å². The Morgan fingerprint density at radius 2 is 1.97 bits per heavy atom. The predicted molar refractivity (Wildman–Crippen MR) is 117 cm³/mol. The first kappa shape index (κ1) is 29.8. The number of carbonyl (C=O) groups is 2. The molecule has 5 unspecified atom stereocenters. The third-order valence-electron chi connectivity index (χ3n) is 5.45. The Kier molecular flexibility index (Phi) is 9.33. The van der Waals surface area contributed by atoms with Crippen LogP contribution in [0.25, 0.3) is 0 Å². The van der Waals surface area contributed by atoms with Gasteiger partial charge in [-0.15, -0.1) is 0 Å². The highest BCUT2D eigenvalue weighted by Gasteiger charge is 2.47. The van der Waals surface area contributed by atoms with Crippen molar-refractivity contribution < 1.29 is 66.7 Å². The molecule has 3 heterocycles. The highest BCUT2D eigenvalue weighted by Crippen LogP contribution is 2.59. The molecule has 2 amide bonds. The monoisotopic (exact) mass is 572 g/mol. The van der Waals surface area contributed by atoms with Crippen LogP contribution in [0.5, 0.6) is 0 Å². The number of nitrogens with one attached hydrogen (secondary N) is 2. The molecule has 6 N–H and O–H groups in total. The molecule has 2 saturated heterocycles. The van der Waals surface area contributed by atoms with Crippen LogP contribution in [0, 0.1) is 0 Å². The molecule has 19 heteroatoms. The van der Waals surface area contributed by atoms with Crippen molar-refractivity contribution in [2.24, 2.45) is 0 Å². The zero-order chi connectivity index (χ0) is 27.7. The molecule has 0 aromatic heterocycles. The van der Waals surface area contributed by atoms with Crippen molar-refractivity contribution in [2.45, 2.75) is 69.3 Å². The normalized spacial score (nSPS) is 37.5. The molecule has 210 valence electrons. The molecule has 17 nitrogen and oxygen atoms in total. The van der Waals surface area contributed by atoms with E-state index in [-0.39, 0.29) is 12.2 Å². The minimum Gasteiger partial charge on any atom is -0.756 e. The third kappa shape index (κ3) is 7.66. The minimum atomic E-state index is -5.65. The number of ether oxygens (including phenoxy) is 2. The van der Waals surface area contributed by atoms with E-state index in [1.807, 2.05) is 0 Å². The number of hydrogen-bond acceptors (Lipinski definition) is 14. The second kappa shape index (κ2) is 11.6. The highest BCUT2D eigenvalue weighted by molar-refractivity contribution is 7.60. The summed E-state index contributed by atoms with van der Waals surface area (Å²) >= 11 is 0. The maximum atomic E-state index is 12.3. The van der Waals surface area contributed by atoms with E-state index in [0.717, 1.165) is 6.08 Å². The van der Waals surface area contributed by atoms with Crippen molar-refractivity contribution >= 4 is 27.5 Å². The van der Waals surface area contributed by atoms with E-state index in [2.05, 4.69) is 30.6 Å². The smallest absolute Gasteiger partial charge is 0.478 e. The molecular formula is C18H28N3O14P2-. The molecule has 2 fully saturated rings. The van der Waals surface area contributed by atoms with E-state index in [0.29, 0.717) is 0 Å². The standard InChI is InChI=1S/C18H29N3O14P2/c1-8-6-11(20-10(3)22)14(24)18(32-8)34-37(29,30)35-36(27,28)31-7-12-15(25)16(26)17(33-12)21-5-4-13(23)19-9(21)2/h4-5,8,11-12,14-18,24-26H,2,6-7H2,1,3H3,(H,19,23)(H,20,22)(H,27,28)(H,29,30)/p-1/t8?,11-,12+,14?,15?,16-,17+,18-/m0/s1. The summed E-state index contributed by atoms with van der Waals surface area (Å²) in [7, 11) is -11.1. The van der Waals surface area contributed by atoms with Crippen LogP contribution in [0.15, 0.2) is 24.7 Å². The van der Waals surface area contributed by atoms with Crippen molar-refractivity contribution in [3.8, 4) is 0 Å². The van der Waals surface area contributed by atoms with E-state index in [1.54, 1.807) is 0 Å². The van der Waals surface area contributed by atoms with Gasteiger partial charge >= 0.3 is 7.82 Å².